The monoisotopic (exact) mass is 445 g/mol. The predicted molar refractivity (Wildman–Crippen MR) is 106 cm³/mol. The number of halogens is 4. The summed E-state index contributed by atoms with van der Waals surface area (Å²) in [6, 6.07) is 12.1. The lowest BCUT2D eigenvalue weighted by atomic mass is 9.83. The van der Waals surface area contributed by atoms with Crippen LogP contribution >= 0.6 is 34.8 Å². The number of hydrogen-bond donors (Lipinski definition) is 2. The molecule has 1 aliphatic heterocycles. The smallest absolute Gasteiger partial charge is 0.496 e. The summed E-state index contributed by atoms with van der Waals surface area (Å²) < 4.78 is -0.311. The van der Waals surface area contributed by atoms with Crippen LogP contribution in [0.4, 0.5) is 10.5 Å². The van der Waals surface area contributed by atoms with E-state index in [1.54, 1.807) is 30.6 Å². The molecule has 3 rings (SSSR count). The number of hydrogen-bond acceptors (Lipinski definition) is 2. The number of carbonyl (C=O) groups excluding carboxylic acids is 1. The highest BCUT2D eigenvalue weighted by atomic mass is 35.6. The van der Waals surface area contributed by atoms with Crippen LogP contribution < -0.4 is 27.6 Å². The molecule has 144 valence electrons. The summed E-state index contributed by atoms with van der Waals surface area (Å²) in [5.74, 6) is 0. The van der Waals surface area contributed by atoms with Gasteiger partial charge in [0.15, 0.2) is 6.04 Å². The average Bonchev–Trinajstić information content (AvgIpc) is 2.85. The molecule has 27 heavy (non-hydrogen) atoms. The Bertz CT molecular complexity index is 848. The third-order valence-electron chi connectivity index (χ3n) is 4.46. The number of fused-ring (bicyclic) bond motifs is 1. The van der Waals surface area contributed by atoms with Crippen LogP contribution in [0.15, 0.2) is 66.6 Å². The van der Waals surface area contributed by atoms with E-state index in [2.05, 4.69) is 30.5 Å². The van der Waals surface area contributed by atoms with Crippen molar-refractivity contribution < 1.29 is 21.8 Å². The van der Waals surface area contributed by atoms with Crippen LogP contribution in [0.25, 0.3) is 0 Å². The number of aromatic nitrogens is 1. The summed E-state index contributed by atoms with van der Waals surface area (Å²) in [5.41, 5.74) is 2.73. The number of nitrogens with one attached hydrogen (secondary N) is 2. The first-order chi connectivity index (χ1) is 12.2. The van der Waals surface area contributed by atoms with E-state index in [0.29, 0.717) is 0 Å². The lowest BCUT2D eigenvalue weighted by Crippen LogP contribution is -3.00. The number of amides is 1. The van der Waals surface area contributed by atoms with Gasteiger partial charge in [-0.05, 0) is 29.8 Å². The first-order valence-corrected chi connectivity index (χ1v) is 9.26. The molecule has 2 aromatic rings. The van der Waals surface area contributed by atoms with Crippen molar-refractivity contribution in [3.63, 3.8) is 0 Å². The van der Waals surface area contributed by atoms with Crippen LogP contribution in [-0.4, -0.2) is 15.9 Å². The van der Waals surface area contributed by atoms with Crippen LogP contribution in [0, 0.1) is 0 Å². The molecular weight excluding hydrogens is 428 g/mol. The molecule has 1 aromatic carbocycles. The number of benzene rings is 1. The molecule has 1 atom stereocenters. The first-order valence-electron chi connectivity index (χ1n) is 8.12. The van der Waals surface area contributed by atoms with Gasteiger partial charge in [-0.1, -0.05) is 72.9 Å². The van der Waals surface area contributed by atoms with Crippen molar-refractivity contribution in [2.45, 2.75) is 29.1 Å². The summed E-state index contributed by atoms with van der Waals surface area (Å²) >= 11 is 18.4. The second-order valence-corrected chi connectivity index (χ2v) is 9.00. The van der Waals surface area contributed by atoms with Crippen molar-refractivity contribution in [3.05, 3.63) is 72.2 Å². The highest BCUT2D eigenvalue weighted by Crippen LogP contribution is 2.44. The van der Waals surface area contributed by atoms with E-state index < -0.39 is 9.83 Å². The molecule has 0 saturated heterocycles. The Morgan fingerprint density at radius 1 is 1.15 bits per heavy atom. The largest absolute Gasteiger partial charge is 1.00 e. The second kappa shape index (κ2) is 8.27. The fourth-order valence-corrected chi connectivity index (χ4v) is 3.31. The minimum atomic E-state index is -1.70. The van der Waals surface area contributed by atoms with Gasteiger partial charge in [-0.3, -0.25) is 0 Å². The van der Waals surface area contributed by atoms with Gasteiger partial charge in [0.25, 0.3) is 0 Å². The maximum absolute atomic E-state index is 12.5. The molecule has 1 unspecified atom stereocenters. The molecule has 1 amide bonds. The number of anilines is 1. The highest BCUT2D eigenvalue weighted by molar-refractivity contribution is 6.68. The van der Waals surface area contributed by atoms with Crippen LogP contribution in [0.2, 0.25) is 0 Å². The van der Waals surface area contributed by atoms with Crippen molar-refractivity contribution in [2.75, 3.05) is 5.32 Å². The zero-order valence-electron chi connectivity index (χ0n) is 14.7. The SMILES string of the molecule is CC1(C)/C(=C/C(NC(=O)[n+]2ccccc2)C(Cl)(Cl)Cl)Nc2ccccc21.[Cl-]. The van der Waals surface area contributed by atoms with Crippen LogP contribution in [0.3, 0.4) is 0 Å². The number of alkyl halides is 3. The number of carbonyl (C=O) groups is 1. The maximum Gasteiger partial charge on any atom is 0.496 e. The quantitative estimate of drug-likeness (QED) is 0.543. The Hall–Kier alpha value is -1.46. The summed E-state index contributed by atoms with van der Waals surface area (Å²) in [4.78, 5) is 12.5. The summed E-state index contributed by atoms with van der Waals surface area (Å²) in [6.45, 7) is 4.17. The van der Waals surface area contributed by atoms with Gasteiger partial charge in [0.05, 0.1) is 12.4 Å². The van der Waals surface area contributed by atoms with E-state index in [9.17, 15) is 4.79 Å². The Labute approximate surface area is 179 Å². The summed E-state index contributed by atoms with van der Waals surface area (Å²) in [5, 5.41) is 6.14. The normalized spacial score (nSPS) is 17.4. The van der Waals surface area contributed by atoms with Gasteiger partial charge < -0.3 is 17.7 Å². The van der Waals surface area contributed by atoms with Gasteiger partial charge in [-0.2, -0.15) is 9.36 Å². The summed E-state index contributed by atoms with van der Waals surface area (Å²) in [6.07, 6.45) is 5.03. The molecule has 1 aliphatic rings. The van der Waals surface area contributed by atoms with Gasteiger partial charge in [0.2, 0.25) is 3.79 Å². The Kier molecular flexibility index (Phi) is 6.69. The van der Waals surface area contributed by atoms with E-state index in [1.807, 2.05) is 24.3 Å². The summed E-state index contributed by atoms with van der Waals surface area (Å²) in [7, 11) is 0. The van der Waals surface area contributed by atoms with Gasteiger partial charge in [-0.25, -0.2) is 5.32 Å². The lowest BCUT2D eigenvalue weighted by molar-refractivity contribution is -0.572. The lowest BCUT2D eigenvalue weighted by Gasteiger charge is -2.24. The minimum absolute atomic E-state index is 0. The Morgan fingerprint density at radius 2 is 1.78 bits per heavy atom. The molecule has 0 saturated carbocycles. The van der Waals surface area contributed by atoms with Gasteiger partial charge >= 0.3 is 6.03 Å². The van der Waals surface area contributed by atoms with Crippen molar-refractivity contribution in [3.8, 4) is 0 Å². The molecule has 0 bridgehead atoms. The number of rotatable bonds is 2. The third-order valence-corrected chi connectivity index (χ3v) is 5.16. The highest BCUT2D eigenvalue weighted by Gasteiger charge is 2.41. The number of nitrogens with zero attached hydrogens (tertiary/aromatic N) is 1. The van der Waals surface area contributed by atoms with E-state index in [1.165, 1.54) is 4.57 Å². The minimum Gasteiger partial charge on any atom is -1.00 e. The Balaban J connectivity index is 0.00000261. The number of para-hydroxylation sites is 1. The molecule has 2 N–H and O–H groups in total. The molecule has 8 heteroatoms. The molecule has 0 spiro atoms. The third kappa shape index (κ3) is 4.69. The molecule has 0 fully saturated rings. The fraction of sp³-hybridized carbons (Fsp3) is 0.263. The van der Waals surface area contributed by atoms with Gasteiger partial charge in [0.1, 0.15) is 0 Å². The van der Waals surface area contributed by atoms with Crippen LogP contribution in [-0.2, 0) is 5.41 Å². The molecule has 4 nitrogen and oxygen atoms in total. The zero-order chi connectivity index (χ0) is 18.9. The first kappa shape index (κ1) is 21.8. The van der Waals surface area contributed by atoms with Crippen molar-refractivity contribution >= 4 is 46.5 Å². The topological polar surface area (TPSA) is 45.0 Å². The van der Waals surface area contributed by atoms with E-state index in [0.717, 1.165) is 16.9 Å². The molecule has 1 aromatic heterocycles. The molecule has 2 heterocycles. The van der Waals surface area contributed by atoms with Crippen molar-refractivity contribution in [2.24, 2.45) is 0 Å². The molecule has 0 aliphatic carbocycles. The molecular formula is C19H19Cl4N3O. The number of pyridine rings is 1. The number of allylic oxidation sites excluding steroid dienone is 1. The second-order valence-electron chi connectivity index (χ2n) is 6.63. The Morgan fingerprint density at radius 3 is 2.37 bits per heavy atom. The zero-order valence-corrected chi connectivity index (χ0v) is 17.7. The van der Waals surface area contributed by atoms with E-state index >= 15 is 0 Å². The maximum atomic E-state index is 12.5. The van der Waals surface area contributed by atoms with Gasteiger partial charge in [-0.15, -0.1) is 0 Å². The van der Waals surface area contributed by atoms with Crippen molar-refractivity contribution in [1.29, 1.82) is 0 Å². The van der Waals surface area contributed by atoms with Crippen LogP contribution in [0.1, 0.15) is 19.4 Å². The van der Waals surface area contributed by atoms with Gasteiger partial charge in [0, 0.05) is 16.8 Å². The van der Waals surface area contributed by atoms with Crippen LogP contribution in [0.5, 0.6) is 0 Å². The van der Waals surface area contributed by atoms with E-state index in [4.69, 9.17) is 34.8 Å². The fourth-order valence-electron chi connectivity index (χ4n) is 2.96. The van der Waals surface area contributed by atoms with E-state index in [-0.39, 0.29) is 23.9 Å². The predicted octanol–water partition coefficient (Wildman–Crippen LogP) is 1.56. The molecule has 0 radical (unpaired) electrons. The average molecular weight is 447 g/mol. The van der Waals surface area contributed by atoms with Crippen molar-refractivity contribution in [1.82, 2.24) is 5.32 Å². The standard InChI is InChI=1S/C19H18Cl3N3O.ClH/c1-18(2)13-8-4-5-9-14(13)23-15(18)12-16(19(20,21)22)24-17(26)25-10-6-3-7-11-25;/h3-12,16,23H,1-2H3;1H/b15-12-;.